The van der Waals surface area contributed by atoms with Crippen LogP contribution in [0.15, 0.2) is 84.9 Å². The number of ether oxygens (including phenoxy) is 1. The molecule has 0 bridgehead atoms. The van der Waals surface area contributed by atoms with E-state index in [0.717, 1.165) is 16.9 Å². The van der Waals surface area contributed by atoms with Gasteiger partial charge in [0.1, 0.15) is 12.4 Å². The Balaban J connectivity index is 1.57. The van der Waals surface area contributed by atoms with Crippen LogP contribution in [0.2, 0.25) is 10.0 Å². The van der Waals surface area contributed by atoms with Crippen molar-refractivity contribution in [1.29, 1.82) is 5.26 Å². The van der Waals surface area contributed by atoms with Crippen LogP contribution in [0.1, 0.15) is 16.7 Å². The van der Waals surface area contributed by atoms with Crippen LogP contribution in [0.4, 0.5) is 0 Å². The third-order valence-electron chi connectivity index (χ3n) is 4.79. The molecule has 4 heteroatoms. The second-order valence-electron chi connectivity index (χ2n) is 6.80. The van der Waals surface area contributed by atoms with Gasteiger partial charge >= 0.3 is 0 Å². The summed E-state index contributed by atoms with van der Waals surface area (Å²) in [4.78, 5) is 0. The molecule has 30 heavy (non-hydrogen) atoms. The lowest BCUT2D eigenvalue weighted by atomic mass is 10.0. The van der Waals surface area contributed by atoms with Crippen molar-refractivity contribution in [3.05, 3.63) is 112 Å². The third-order valence-corrected chi connectivity index (χ3v) is 5.53. The summed E-state index contributed by atoms with van der Waals surface area (Å²) in [5.74, 6) is 0.739. The number of halogens is 2. The van der Waals surface area contributed by atoms with E-state index in [1.807, 2.05) is 48.5 Å². The molecule has 0 aromatic heterocycles. The van der Waals surface area contributed by atoms with Crippen LogP contribution in [0.25, 0.3) is 22.4 Å². The van der Waals surface area contributed by atoms with E-state index < -0.39 is 0 Å². The average Bonchev–Trinajstić information content (AvgIpc) is 2.78. The molecule has 0 aliphatic carbocycles. The van der Waals surface area contributed by atoms with Crippen molar-refractivity contribution < 1.29 is 4.74 Å². The van der Waals surface area contributed by atoms with Gasteiger partial charge in [-0.3, -0.25) is 0 Å². The first-order chi connectivity index (χ1) is 14.6. The van der Waals surface area contributed by atoms with Crippen molar-refractivity contribution in [3.8, 4) is 11.8 Å². The van der Waals surface area contributed by atoms with E-state index in [2.05, 4.69) is 30.3 Å². The summed E-state index contributed by atoms with van der Waals surface area (Å²) in [5.41, 5.74) is 3.21. The number of nitriles is 1. The highest BCUT2D eigenvalue weighted by Gasteiger charge is 2.06. The lowest BCUT2D eigenvalue weighted by Crippen LogP contribution is -1.96. The maximum absolute atomic E-state index is 9.60. The summed E-state index contributed by atoms with van der Waals surface area (Å²) in [6, 6.07) is 29.5. The smallest absolute Gasteiger partial charge is 0.120 e. The molecule has 0 aliphatic heterocycles. The number of rotatable bonds is 5. The first-order valence-electron chi connectivity index (χ1n) is 9.41. The zero-order valence-corrected chi connectivity index (χ0v) is 17.5. The van der Waals surface area contributed by atoms with Gasteiger partial charge in [0.05, 0.1) is 21.7 Å². The van der Waals surface area contributed by atoms with E-state index in [9.17, 15) is 5.26 Å². The standard InChI is InChI=1S/C26H17Cl2NO/c27-25-12-11-20(15-26(25)28)22(16-29)13-18-5-3-9-23(14-18)30-17-21-8-4-7-19-6-1-2-10-24(19)21/h1-15H,17H2/b22-13-. The molecule has 0 fully saturated rings. The minimum absolute atomic E-state index is 0.419. The van der Waals surface area contributed by atoms with Gasteiger partial charge in [0.15, 0.2) is 0 Å². The number of fused-ring (bicyclic) bond motifs is 1. The van der Waals surface area contributed by atoms with Gasteiger partial charge in [0.2, 0.25) is 0 Å². The molecule has 146 valence electrons. The van der Waals surface area contributed by atoms with Crippen molar-refractivity contribution in [1.82, 2.24) is 0 Å². The van der Waals surface area contributed by atoms with E-state index >= 15 is 0 Å². The lowest BCUT2D eigenvalue weighted by molar-refractivity contribution is 0.307. The second kappa shape index (κ2) is 9.05. The largest absolute Gasteiger partial charge is 0.489 e. The zero-order chi connectivity index (χ0) is 20.9. The fraction of sp³-hybridized carbons (Fsp3) is 0.0385. The van der Waals surface area contributed by atoms with Crippen LogP contribution < -0.4 is 4.74 Å². The van der Waals surface area contributed by atoms with Gasteiger partial charge in [-0.1, -0.05) is 83.9 Å². The van der Waals surface area contributed by atoms with Crippen LogP contribution in [0.5, 0.6) is 5.75 Å². The summed E-state index contributed by atoms with van der Waals surface area (Å²) in [6.07, 6.45) is 1.81. The Labute approximate surface area is 185 Å². The minimum atomic E-state index is 0.419. The SMILES string of the molecule is N#C/C(=C/c1cccc(OCc2cccc3ccccc23)c1)c1ccc(Cl)c(Cl)c1. The van der Waals surface area contributed by atoms with E-state index in [0.29, 0.717) is 27.8 Å². The van der Waals surface area contributed by atoms with Crippen molar-refractivity contribution >= 4 is 45.6 Å². The quantitative estimate of drug-likeness (QED) is 0.239. The van der Waals surface area contributed by atoms with Gasteiger partial charge in [0.25, 0.3) is 0 Å². The lowest BCUT2D eigenvalue weighted by Gasteiger charge is -2.10. The first kappa shape index (κ1) is 20.0. The van der Waals surface area contributed by atoms with Gasteiger partial charge in [-0.25, -0.2) is 0 Å². The molecule has 0 N–H and O–H groups in total. The molecule has 4 rings (SSSR count). The monoisotopic (exact) mass is 429 g/mol. The van der Waals surface area contributed by atoms with E-state index in [1.54, 1.807) is 18.2 Å². The number of benzene rings is 4. The highest BCUT2D eigenvalue weighted by atomic mass is 35.5. The van der Waals surface area contributed by atoms with Crippen LogP contribution in [-0.4, -0.2) is 0 Å². The molecule has 0 atom stereocenters. The molecule has 0 saturated heterocycles. The maximum Gasteiger partial charge on any atom is 0.120 e. The Morgan fingerprint density at radius 1 is 0.867 bits per heavy atom. The number of nitrogens with zero attached hydrogens (tertiary/aromatic N) is 1. The van der Waals surface area contributed by atoms with Crippen LogP contribution in [-0.2, 0) is 6.61 Å². The molecule has 4 aromatic rings. The molecule has 4 aromatic carbocycles. The highest BCUT2D eigenvalue weighted by Crippen LogP contribution is 2.28. The number of allylic oxidation sites excluding steroid dienone is 1. The molecular weight excluding hydrogens is 413 g/mol. The fourth-order valence-electron chi connectivity index (χ4n) is 3.28. The number of hydrogen-bond acceptors (Lipinski definition) is 2. The van der Waals surface area contributed by atoms with Crippen molar-refractivity contribution in [2.75, 3.05) is 0 Å². The summed E-state index contributed by atoms with van der Waals surface area (Å²) < 4.78 is 6.05. The van der Waals surface area contributed by atoms with E-state index in [1.165, 1.54) is 10.8 Å². The third kappa shape index (κ3) is 4.49. The topological polar surface area (TPSA) is 33.0 Å². The van der Waals surface area contributed by atoms with Crippen molar-refractivity contribution in [2.24, 2.45) is 0 Å². The Hall–Kier alpha value is -3.25. The summed E-state index contributed by atoms with van der Waals surface area (Å²) in [5, 5.41) is 12.8. The maximum atomic E-state index is 9.60. The van der Waals surface area contributed by atoms with Gasteiger partial charge in [-0.2, -0.15) is 5.26 Å². The molecule has 0 amide bonds. The Morgan fingerprint density at radius 2 is 1.67 bits per heavy atom. The van der Waals surface area contributed by atoms with Crippen LogP contribution >= 0.6 is 23.2 Å². The Morgan fingerprint density at radius 3 is 2.50 bits per heavy atom. The molecule has 0 aliphatic rings. The summed E-state index contributed by atoms with van der Waals surface area (Å²) in [6.45, 7) is 0.465. The van der Waals surface area contributed by atoms with Gasteiger partial charge in [0, 0.05) is 0 Å². The molecule has 0 spiro atoms. The van der Waals surface area contributed by atoms with Gasteiger partial charge in [-0.15, -0.1) is 0 Å². The summed E-state index contributed by atoms with van der Waals surface area (Å²) >= 11 is 12.1. The van der Waals surface area contributed by atoms with E-state index in [4.69, 9.17) is 27.9 Å². The Bertz CT molecular complexity index is 1280. The summed E-state index contributed by atoms with van der Waals surface area (Å²) in [7, 11) is 0. The zero-order valence-electron chi connectivity index (χ0n) is 16.0. The molecule has 0 heterocycles. The first-order valence-corrected chi connectivity index (χ1v) is 10.2. The highest BCUT2D eigenvalue weighted by molar-refractivity contribution is 6.42. The predicted molar refractivity (Wildman–Crippen MR) is 125 cm³/mol. The molecule has 0 saturated carbocycles. The van der Waals surface area contributed by atoms with Crippen LogP contribution in [0, 0.1) is 11.3 Å². The fourth-order valence-corrected chi connectivity index (χ4v) is 3.58. The molecule has 0 unspecified atom stereocenters. The van der Waals surface area contributed by atoms with Crippen molar-refractivity contribution in [3.63, 3.8) is 0 Å². The van der Waals surface area contributed by atoms with E-state index in [-0.39, 0.29) is 0 Å². The number of hydrogen-bond donors (Lipinski definition) is 0. The second-order valence-corrected chi connectivity index (χ2v) is 7.61. The normalized spacial score (nSPS) is 11.3. The molecule has 0 radical (unpaired) electrons. The van der Waals surface area contributed by atoms with Crippen molar-refractivity contribution in [2.45, 2.75) is 6.61 Å². The average molecular weight is 430 g/mol. The predicted octanol–water partition coefficient (Wildman–Crippen LogP) is 7.79. The van der Waals surface area contributed by atoms with Crippen LogP contribution in [0.3, 0.4) is 0 Å². The van der Waals surface area contributed by atoms with Gasteiger partial charge in [-0.05, 0) is 57.8 Å². The Kier molecular flexibility index (Phi) is 6.05. The van der Waals surface area contributed by atoms with Gasteiger partial charge < -0.3 is 4.74 Å². The molecular formula is C26H17Cl2NO. The minimum Gasteiger partial charge on any atom is -0.489 e. The molecule has 2 nitrogen and oxygen atoms in total.